The van der Waals surface area contributed by atoms with E-state index in [4.69, 9.17) is 4.74 Å². The number of aliphatic hydroxyl groups excluding tert-OH is 3. The highest BCUT2D eigenvalue weighted by molar-refractivity contribution is 7.96. The van der Waals surface area contributed by atoms with Crippen LogP contribution in [0.15, 0.2) is 42.5 Å². The molecular weight excluding hydrogens is 620 g/mol. The van der Waals surface area contributed by atoms with E-state index in [0.29, 0.717) is 52.0 Å². The third-order valence-electron chi connectivity index (χ3n) is 8.95. The molecule has 4 N–H and O–H groups in total. The summed E-state index contributed by atoms with van der Waals surface area (Å²) in [6.45, 7) is 4.73. The van der Waals surface area contributed by atoms with Gasteiger partial charge in [0.25, 0.3) is 0 Å². The van der Waals surface area contributed by atoms with Gasteiger partial charge in [-0.2, -0.15) is 0 Å². The normalized spacial score (nSPS) is 23.7. The predicted molar refractivity (Wildman–Crippen MR) is 185 cm³/mol. The van der Waals surface area contributed by atoms with Crippen molar-refractivity contribution in [1.29, 1.82) is 0 Å². The third-order valence-corrected chi connectivity index (χ3v) is 9.55. The second-order valence-corrected chi connectivity index (χ2v) is 13.5. The quantitative estimate of drug-likeness (QED) is 0.164. The number of rotatable bonds is 12. The number of carbonyl (C=O) groups is 3. The zero-order valence-corrected chi connectivity index (χ0v) is 28.7. The molecule has 0 aromatic heterocycles. The van der Waals surface area contributed by atoms with Crippen molar-refractivity contribution in [3.8, 4) is 0 Å². The second-order valence-electron chi connectivity index (χ2n) is 12.7. The molecule has 2 aliphatic heterocycles. The summed E-state index contributed by atoms with van der Waals surface area (Å²) in [5.74, 6) is -0.207. The van der Waals surface area contributed by atoms with E-state index in [1.54, 1.807) is 29.3 Å². The summed E-state index contributed by atoms with van der Waals surface area (Å²) < 4.78 is 6.02. The molecule has 2 aromatic carbocycles. The summed E-state index contributed by atoms with van der Waals surface area (Å²) in [5.41, 5.74) is 5.17. The Morgan fingerprint density at radius 2 is 1.66 bits per heavy atom. The number of thiol groups is 1. The van der Waals surface area contributed by atoms with Gasteiger partial charge in [0.2, 0.25) is 17.7 Å². The molecule has 2 heterocycles. The van der Waals surface area contributed by atoms with Gasteiger partial charge in [0.15, 0.2) is 0 Å². The Kier molecular flexibility index (Phi) is 13.5. The van der Waals surface area contributed by atoms with Crippen LogP contribution >= 0.6 is 11.4 Å². The molecule has 12 heteroatoms. The number of piperazine rings is 1. The van der Waals surface area contributed by atoms with E-state index in [1.165, 1.54) is 0 Å². The van der Waals surface area contributed by atoms with Gasteiger partial charge in [0.1, 0.15) is 30.5 Å². The zero-order chi connectivity index (χ0) is 34.1. The Morgan fingerprint density at radius 3 is 2.32 bits per heavy atom. The fourth-order valence-corrected chi connectivity index (χ4v) is 6.41. The molecule has 0 saturated carbocycles. The molecule has 0 spiro atoms. The summed E-state index contributed by atoms with van der Waals surface area (Å²) >= 11 is 0.910. The molecule has 0 radical (unpaired) electrons. The lowest BCUT2D eigenvalue weighted by Crippen LogP contribution is -2.54. The van der Waals surface area contributed by atoms with Crippen molar-refractivity contribution in [3.63, 3.8) is 0 Å². The van der Waals surface area contributed by atoms with E-state index in [-0.39, 0.29) is 24.3 Å². The van der Waals surface area contributed by atoms with Crippen LogP contribution in [-0.4, -0.2) is 137 Å². The van der Waals surface area contributed by atoms with Gasteiger partial charge in [-0.25, -0.2) is 11.4 Å². The van der Waals surface area contributed by atoms with Crippen LogP contribution in [0.1, 0.15) is 46.8 Å². The van der Waals surface area contributed by atoms with Crippen LogP contribution in [0.3, 0.4) is 0 Å². The Bertz CT molecular complexity index is 1390. The minimum absolute atomic E-state index is 0.0173. The summed E-state index contributed by atoms with van der Waals surface area (Å²) in [5, 5.41) is 36.0. The van der Waals surface area contributed by atoms with Crippen LogP contribution in [-0.2, 0) is 32.0 Å². The highest BCUT2D eigenvalue weighted by atomic mass is 32.1. The minimum Gasteiger partial charge on any atom is -0.387 e. The number of benzene rings is 2. The number of likely N-dealkylation sites (N-methyl/N-ethyl adjacent to an activating group) is 1. The van der Waals surface area contributed by atoms with Gasteiger partial charge in [-0.05, 0) is 65.6 Å². The van der Waals surface area contributed by atoms with Gasteiger partial charge >= 0.3 is 0 Å². The molecule has 2 saturated heterocycles. The van der Waals surface area contributed by atoms with E-state index < -0.39 is 30.5 Å². The van der Waals surface area contributed by atoms with Crippen molar-refractivity contribution in [2.24, 2.45) is 0 Å². The number of amides is 3. The number of nitrogens with one attached hydrogen (secondary N) is 1. The van der Waals surface area contributed by atoms with Crippen molar-refractivity contribution >= 4 is 34.4 Å². The molecule has 2 aliphatic rings. The maximum atomic E-state index is 12.6. The molecule has 47 heavy (non-hydrogen) atoms. The Morgan fingerprint density at radius 1 is 0.979 bits per heavy atom. The van der Waals surface area contributed by atoms with Crippen LogP contribution in [0.2, 0.25) is 0 Å². The first-order valence-electron chi connectivity index (χ1n) is 16.2. The molecule has 2 aromatic rings. The lowest BCUT2D eigenvalue weighted by Gasteiger charge is -2.40. The van der Waals surface area contributed by atoms with Crippen LogP contribution in [0.25, 0.3) is 0 Å². The molecule has 0 bridgehead atoms. The molecular formula is C35H50N4O7S. The van der Waals surface area contributed by atoms with Crippen molar-refractivity contribution in [2.45, 2.75) is 63.1 Å². The van der Waals surface area contributed by atoms with E-state index in [0.717, 1.165) is 45.6 Å². The fraction of sp³-hybridized carbons (Fsp3) is 0.543. The highest BCUT2D eigenvalue weighted by Crippen LogP contribution is 2.33. The molecule has 0 aliphatic carbocycles. The van der Waals surface area contributed by atoms with Gasteiger partial charge in [-0.3, -0.25) is 19.3 Å². The third kappa shape index (κ3) is 10.2. The van der Waals surface area contributed by atoms with E-state index in [2.05, 4.69) is 29.6 Å². The summed E-state index contributed by atoms with van der Waals surface area (Å²) in [6, 6.07) is 14.2. The molecule has 258 valence electrons. The lowest BCUT2D eigenvalue weighted by molar-refractivity contribution is -0.204. The van der Waals surface area contributed by atoms with Gasteiger partial charge in [0, 0.05) is 46.7 Å². The minimum atomic E-state index is -1.30. The summed E-state index contributed by atoms with van der Waals surface area (Å²) in [4.78, 5) is 42.2. The van der Waals surface area contributed by atoms with Gasteiger partial charge < -0.3 is 35.2 Å². The average Bonchev–Trinajstić information content (AvgIpc) is 3.06. The summed E-state index contributed by atoms with van der Waals surface area (Å²) in [6.07, 6.45) is -0.828. The second kappa shape index (κ2) is 17.3. The average molecular weight is 671 g/mol. The van der Waals surface area contributed by atoms with Gasteiger partial charge in [-0.15, -0.1) is 0 Å². The molecule has 3 amide bonds. The van der Waals surface area contributed by atoms with E-state index in [9.17, 15) is 29.7 Å². The smallest absolute Gasteiger partial charge is 0.242 e. The number of aryl methyl sites for hydroxylation is 2. The van der Waals surface area contributed by atoms with Gasteiger partial charge in [-0.1, -0.05) is 42.5 Å². The molecule has 11 nitrogen and oxygen atoms in total. The number of hydrogen-bond donors (Lipinski definition) is 5. The fourth-order valence-electron chi connectivity index (χ4n) is 5.87. The topological polar surface area (TPSA) is 143 Å². The monoisotopic (exact) mass is 670 g/mol. The standard InChI is InChI=1S/C35H50N4O7S/c1-23-8-13-26(35-34(45)33(44)32(43)28(46-35)22-47-4)19-27(23)18-25-11-9-24(10-12-25)6-5-7-29(40)36-20-30(41)39-16-14-38(15-17-39)21-31(42)37(2)3/h8-13,19,22,28,32-35,43-45,47H,5-7,14-18,20-21H2,1-4H3,(H,36,40)/t28?,32-,33+,34-,35+/m1/s1. The van der Waals surface area contributed by atoms with Crippen molar-refractivity contribution in [1.82, 2.24) is 20.0 Å². The van der Waals surface area contributed by atoms with Crippen LogP contribution in [0, 0.1) is 6.92 Å². The number of carbonyl (C=O) groups excluding carboxylic acids is 3. The van der Waals surface area contributed by atoms with Crippen LogP contribution in [0.5, 0.6) is 0 Å². The first kappa shape index (κ1) is 36.7. The maximum absolute atomic E-state index is 12.6. The Hall–Kier alpha value is -3.13. The Balaban J connectivity index is 1.21. The number of nitrogens with zero attached hydrogens (tertiary/aromatic N) is 3. The summed E-state index contributed by atoms with van der Waals surface area (Å²) in [7, 11) is 3.46. The Labute approximate surface area is 281 Å². The van der Waals surface area contributed by atoms with Crippen molar-refractivity contribution in [2.75, 3.05) is 59.6 Å². The van der Waals surface area contributed by atoms with Crippen molar-refractivity contribution < 1.29 is 34.4 Å². The highest BCUT2D eigenvalue weighted by Gasteiger charge is 2.43. The van der Waals surface area contributed by atoms with Crippen molar-refractivity contribution in [3.05, 3.63) is 70.3 Å². The van der Waals surface area contributed by atoms with E-state index >= 15 is 0 Å². The molecule has 1 unspecified atom stereocenters. The first-order chi connectivity index (χ1) is 22.5. The lowest BCUT2D eigenvalue weighted by atomic mass is 9.89. The van der Waals surface area contributed by atoms with Gasteiger partial charge in [0.05, 0.1) is 13.1 Å². The SMILES string of the molecule is C/[SH]=C\C1O[C@@H](c2ccc(C)c(Cc3ccc(CCCC(=O)NCC(=O)N4CCN(CC(=O)N(C)C)CC4)cc3)c2)[C@H](O)[C@@H](O)[C@@H]1O. The molecule has 2 fully saturated rings. The first-order valence-corrected chi connectivity index (χ1v) is 17.6. The predicted octanol–water partition coefficient (Wildman–Crippen LogP) is 0.677. The zero-order valence-electron chi connectivity index (χ0n) is 27.8. The maximum Gasteiger partial charge on any atom is 0.242 e. The van der Waals surface area contributed by atoms with E-state index in [1.807, 2.05) is 36.3 Å². The number of aliphatic hydroxyl groups is 3. The molecule has 5 atom stereocenters. The van der Waals surface area contributed by atoms with Crippen LogP contribution in [0.4, 0.5) is 0 Å². The largest absolute Gasteiger partial charge is 0.387 e. The number of hydrogen-bond acceptors (Lipinski definition) is 8. The van der Waals surface area contributed by atoms with Crippen LogP contribution < -0.4 is 5.32 Å². The number of ether oxygens (including phenoxy) is 1. The molecule has 4 rings (SSSR count).